The third-order valence-electron chi connectivity index (χ3n) is 10.9. The van der Waals surface area contributed by atoms with E-state index in [1.54, 1.807) is 6.08 Å². The highest BCUT2D eigenvalue weighted by Gasteiger charge is 2.28. The van der Waals surface area contributed by atoms with E-state index in [0.29, 0.717) is 19.3 Å². The van der Waals surface area contributed by atoms with Crippen molar-refractivity contribution in [1.29, 1.82) is 0 Å². The average Bonchev–Trinajstić information content (AvgIpc) is 3.37. The zero-order valence-electron chi connectivity index (χ0n) is 44.8. The summed E-state index contributed by atoms with van der Waals surface area (Å²) in [7, 11) is -4.78. The molecule has 0 spiro atoms. The van der Waals surface area contributed by atoms with Crippen molar-refractivity contribution in [2.24, 2.45) is 0 Å². The quantitative estimate of drug-likeness (QED) is 0.0197. The molecule has 3 unspecified atom stereocenters. The lowest BCUT2D eigenvalue weighted by Gasteiger charge is -2.21. The van der Waals surface area contributed by atoms with E-state index in [-0.39, 0.29) is 19.3 Å². The molecule has 0 aromatic rings. The predicted molar refractivity (Wildman–Crippen MR) is 297 cm³/mol. The van der Waals surface area contributed by atoms with Crippen molar-refractivity contribution >= 4 is 25.7 Å². The number of unbranched alkanes of at least 4 members (excludes halogenated alkanes) is 13. The van der Waals surface area contributed by atoms with E-state index in [2.05, 4.69) is 124 Å². The normalized spacial score (nSPS) is 14.3. The summed E-state index contributed by atoms with van der Waals surface area (Å²) in [6.07, 6.45) is 64.7. The zero-order valence-corrected chi connectivity index (χ0v) is 45.7. The number of aliphatic hydroxyl groups is 1. The first-order chi connectivity index (χ1) is 35.2. The van der Waals surface area contributed by atoms with Crippen LogP contribution in [0.1, 0.15) is 201 Å². The number of carbonyl (C=O) groups is 3. The SMILES string of the molecule is CC/C=C\C/C=C\C/C=C\C/C=C\C/C=C\CC(=O)OCC(COP(=O)(O)OCC(CO)OC(=O)CCCCCCC/C=C\CCCCCC)OC(=O)CCCCCC/C=C\C/C=C\C/C=C\C/C=C\CC. The maximum atomic E-state index is 12.9. The van der Waals surface area contributed by atoms with Crippen LogP contribution < -0.4 is 0 Å². The first-order valence-corrected chi connectivity index (χ1v) is 28.9. The van der Waals surface area contributed by atoms with Crippen molar-refractivity contribution in [1.82, 2.24) is 0 Å². The predicted octanol–water partition coefficient (Wildman–Crippen LogP) is 16.0. The van der Waals surface area contributed by atoms with Crippen LogP contribution in [0.5, 0.6) is 0 Å². The van der Waals surface area contributed by atoms with Crippen molar-refractivity contribution in [2.75, 3.05) is 26.4 Å². The van der Waals surface area contributed by atoms with Crippen molar-refractivity contribution < 1.29 is 52.2 Å². The smallest absolute Gasteiger partial charge is 0.461 e. The summed E-state index contributed by atoms with van der Waals surface area (Å²) < 4.78 is 39.3. The Labute approximate surface area is 437 Å². The minimum atomic E-state index is -4.78. The van der Waals surface area contributed by atoms with E-state index in [9.17, 15) is 28.9 Å². The third-order valence-corrected chi connectivity index (χ3v) is 11.8. The largest absolute Gasteiger partial charge is 0.472 e. The minimum Gasteiger partial charge on any atom is -0.461 e. The van der Waals surface area contributed by atoms with Crippen LogP contribution in [0.4, 0.5) is 0 Å². The van der Waals surface area contributed by atoms with Crippen LogP contribution in [0.3, 0.4) is 0 Å². The summed E-state index contributed by atoms with van der Waals surface area (Å²) in [6, 6.07) is 0. The molecule has 12 heteroatoms. The van der Waals surface area contributed by atoms with Gasteiger partial charge in [-0.2, -0.15) is 0 Å². The molecule has 0 aromatic heterocycles. The highest BCUT2D eigenvalue weighted by molar-refractivity contribution is 7.47. The highest BCUT2D eigenvalue weighted by Crippen LogP contribution is 2.43. The standard InChI is InChI=1S/C60H97O11P/c1-4-7-10-13-16-19-22-25-27-28-30-33-36-39-42-45-48-51-60(64)71-57(53-67-58(62)49-46-43-40-37-34-32-29-26-23-20-17-14-11-8-5-2)55-69-72(65,66)68-54-56(52-61)70-59(63)50-47-44-41-38-35-31-24-21-18-15-12-9-6-3/h7-8,10-11,16-17,19-21,24-27,29-30,33-34,37,43,46,56-57,61H,4-6,9,12-15,18,22-23,28,31-32,35-36,38-42,44-45,47-55H2,1-3H3,(H,65,66)/b10-7-,11-8-,19-16-,20-17-,24-21-,27-25-,29-26-,33-30-,37-34-,46-43-. The summed E-state index contributed by atoms with van der Waals surface area (Å²) in [6.45, 7) is 4.22. The molecule has 0 fully saturated rings. The Bertz CT molecular complexity index is 1670. The topological polar surface area (TPSA) is 155 Å². The average molecular weight is 1030 g/mol. The number of aliphatic hydroxyl groups excluding tert-OH is 1. The first kappa shape index (κ1) is 67.9. The number of ether oxygens (including phenoxy) is 3. The van der Waals surface area contributed by atoms with E-state index in [0.717, 1.165) is 116 Å². The molecule has 0 aliphatic carbocycles. The maximum Gasteiger partial charge on any atom is 0.472 e. The number of hydrogen-bond acceptors (Lipinski definition) is 10. The van der Waals surface area contributed by atoms with Crippen molar-refractivity contribution in [2.45, 2.75) is 213 Å². The van der Waals surface area contributed by atoms with Gasteiger partial charge in [0.25, 0.3) is 0 Å². The van der Waals surface area contributed by atoms with Crippen LogP contribution in [-0.4, -0.2) is 66.5 Å². The molecule has 0 aliphatic rings. The molecule has 0 amide bonds. The lowest BCUT2D eigenvalue weighted by Crippen LogP contribution is -2.30. The van der Waals surface area contributed by atoms with Gasteiger partial charge in [0.05, 0.1) is 26.2 Å². The highest BCUT2D eigenvalue weighted by atomic mass is 31.2. The molecule has 0 saturated heterocycles. The van der Waals surface area contributed by atoms with Gasteiger partial charge in [0, 0.05) is 12.8 Å². The fraction of sp³-hybridized carbons (Fsp3) is 0.617. The van der Waals surface area contributed by atoms with Gasteiger partial charge < -0.3 is 24.2 Å². The van der Waals surface area contributed by atoms with Crippen LogP contribution in [0.25, 0.3) is 0 Å². The zero-order chi connectivity index (χ0) is 52.7. The summed E-state index contributed by atoms with van der Waals surface area (Å²) in [5.41, 5.74) is 0. The molecule has 0 saturated carbocycles. The molecule has 2 N–H and O–H groups in total. The minimum absolute atomic E-state index is 0.0179. The van der Waals surface area contributed by atoms with Crippen LogP contribution in [0, 0.1) is 0 Å². The monoisotopic (exact) mass is 1020 g/mol. The molecule has 0 radical (unpaired) electrons. The molecular weight excluding hydrogens is 928 g/mol. The van der Waals surface area contributed by atoms with Crippen LogP contribution in [-0.2, 0) is 42.2 Å². The van der Waals surface area contributed by atoms with Crippen molar-refractivity contribution in [3.05, 3.63) is 122 Å². The Kier molecular flexibility index (Phi) is 50.1. The molecule has 72 heavy (non-hydrogen) atoms. The van der Waals surface area contributed by atoms with Crippen LogP contribution >= 0.6 is 7.82 Å². The number of allylic oxidation sites excluding steroid dienone is 19. The van der Waals surface area contributed by atoms with Crippen molar-refractivity contribution in [3.63, 3.8) is 0 Å². The molecule has 0 aromatic carbocycles. The number of phosphoric acid groups is 1. The van der Waals surface area contributed by atoms with Gasteiger partial charge in [0.2, 0.25) is 0 Å². The Morgan fingerprint density at radius 2 is 0.764 bits per heavy atom. The summed E-state index contributed by atoms with van der Waals surface area (Å²) in [4.78, 5) is 48.4. The van der Waals surface area contributed by atoms with Gasteiger partial charge in [-0.3, -0.25) is 23.4 Å². The van der Waals surface area contributed by atoms with Crippen LogP contribution in [0.2, 0.25) is 0 Å². The maximum absolute atomic E-state index is 12.9. The molecule has 0 aliphatic heterocycles. The first-order valence-electron chi connectivity index (χ1n) is 27.4. The number of phosphoric ester groups is 1. The number of esters is 3. The molecule has 11 nitrogen and oxygen atoms in total. The van der Waals surface area contributed by atoms with Gasteiger partial charge in [-0.1, -0.05) is 194 Å². The van der Waals surface area contributed by atoms with Gasteiger partial charge in [-0.05, 0) is 109 Å². The Hall–Kier alpha value is -4.12. The van der Waals surface area contributed by atoms with E-state index in [1.165, 1.54) is 25.7 Å². The number of rotatable bonds is 49. The van der Waals surface area contributed by atoms with E-state index in [1.807, 2.05) is 12.2 Å². The molecule has 0 heterocycles. The Balaban J connectivity index is 4.91. The van der Waals surface area contributed by atoms with Gasteiger partial charge in [0.1, 0.15) is 12.7 Å². The van der Waals surface area contributed by atoms with E-state index >= 15 is 0 Å². The molecular formula is C60H97O11P. The molecule has 408 valence electrons. The number of hydrogen-bond donors (Lipinski definition) is 2. The fourth-order valence-electron chi connectivity index (χ4n) is 6.77. The number of carbonyl (C=O) groups excluding carboxylic acids is 3. The van der Waals surface area contributed by atoms with E-state index in [4.69, 9.17) is 23.3 Å². The van der Waals surface area contributed by atoms with Gasteiger partial charge in [0.15, 0.2) is 6.10 Å². The fourth-order valence-corrected chi connectivity index (χ4v) is 7.55. The molecule has 0 bridgehead atoms. The second kappa shape index (κ2) is 53.2. The molecule has 0 rings (SSSR count). The summed E-state index contributed by atoms with van der Waals surface area (Å²) in [5.74, 6) is -1.67. The second-order valence-electron chi connectivity index (χ2n) is 17.6. The van der Waals surface area contributed by atoms with Gasteiger partial charge in [-0.25, -0.2) is 4.57 Å². The molecule has 3 atom stereocenters. The Morgan fingerprint density at radius 3 is 1.19 bits per heavy atom. The Morgan fingerprint density at radius 1 is 0.417 bits per heavy atom. The van der Waals surface area contributed by atoms with Gasteiger partial charge in [-0.15, -0.1) is 0 Å². The lowest BCUT2D eigenvalue weighted by molar-refractivity contribution is -0.161. The van der Waals surface area contributed by atoms with Gasteiger partial charge >= 0.3 is 25.7 Å². The lowest BCUT2D eigenvalue weighted by atomic mass is 10.1. The van der Waals surface area contributed by atoms with E-state index < -0.39 is 64.4 Å². The van der Waals surface area contributed by atoms with Crippen LogP contribution in [0.15, 0.2) is 122 Å². The third kappa shape index (κ3) is 50.8. The summed E-state index contributed by atoms with van der Waals surface area (Å²) >= 11 is 0. The second-order valence-corrected chi connectivity index (χ2v) is 19.1. The summed E-state index contributed by atoms with van der Waals surface area (Å²) in [5, 5.41) is 9.79. The van der Waals surface area contributed by atoms with Crippen molar-refractivity contribution in [3.8, 4) is 0 Å².